The van der Waals surface area contributed by atoms with Gasteiger partial charge in [0.1, 0.15) is 11.0 Å². The Bertz CT molecular complexity index is 447. The molecule has 0 saturated carbocycles. The van der Waals surface area contributed by atoms with Crippen molar-refractivity contribution in [2.24, 2.45) is 0 Å². The summed E-state index contributed by atoms with van der Waals surface area (Å²) in [5.41, 5.74) is 1.18. The third-order valence-corrected chi connectivity index (χ3v) is 3.42. The van der Waals surface area contributed by atoms with Crippen molar-refractivity contribution in [2.75, 3.05) is 0 Å². The van der Waals surface area contributed by atoms with Crippen LogP contribution in [0.4, 0.5) is 0 Å². The number of imidazole rings is 1. The second-order valence-corrected chi connectivity index (χ2v) is 5.16. The third kappa shape index (κ3) is 2.73. The van der Waals surface area contributed by atoms with E-state index in [0.29, 0.717) is 6.04 Å². The SMILES string of the molecule is CCn1cncc1C(NC(C)C)c1nccs1. The quantitative estimate of drug-likeness (QED) is 0.886. The molecule has 2 rings (SSSR count). The topological polar surface area (TPSA) is 42.7 Å². The summed E-state index contributed by atoms with van der Waals surface area (Å²) in [6.07, 6.45) is 5.64. The highest BCUT2D eigenvalue weighted by molar-refractivity contribution is 7.09. The molecule has 1 unspecified atom stereocenters. The summed E-state index contributed by atoms with van der Waals surface area (Å²) in [6, 6.07) is 0.543. The summed E-state index contributed by atoms with van der Waals surface area (Å²) in [5, 5.41) is 6.65. The van der Waals surface area contributed by atoms with Gasteiger partial charge in [-0.05, 0) is 20.8 Å². The number of rotatable bonds is 5. The molecular weight excluding hydrogens is 232 g/mol. The van der Waals surface area contributed by atoms with E-state index >= 15 is 0 Å². The molecule has 0 radical (unpaired) electrons. The normalized spacial score (nSPS) is 13.2. The molecule has 0 aliphatic heterocycles. The van der Waals surface area contributed by atoms with Crippen molar-refractivity contribution in [2.45, 2.75) is 39.4 Å². The first-order valence-electron chi connectivity index (χ1n) is 5.87. The molecule has 5 heteroatoms. The van der Waals surface area contributed by atoms with Gasteiger partial charge in [-0.15, -0.1) is 11.3 Å². The number of hydrogen-bond acceptors (Lipinski definition) is 4. The fourth-order valence-corrected chi connectivity index (χ4v) is 2.54. The highest BCUT2D eigenvalue weighted by Gasteiger charge is 2.20. The van der Waals surface area contributed by atoms with Crippen LogP contribution < -0.4 is 5.32 Å². The lowest BCUT2D eigenvalue weighted by molar-refractivity contribution is 0.500. The van der Waals surface area contributed by atoms with Crippen LogP contribution in [-0.4, -0.2) is 20.6 Å². The Kier molecular flexibility index (Phi) is 3.91. The van der Waals surface area contributed by atoms with Crippen LogP contribution in [-0.2, 0) is 6.54 Å². The Morgan fingerprint density at radius 2 is 2.29 bits per heavy atom. The fraction of sp³-hybridized carbons (Fsp3) is 0.500. The maximum absolute atomic E-state index is 4.42. The minimum Gasteiger partial charge on any atom is -0.333 e. The van der Waals surface area contributed by atoms with E-state index in [0.717, 1.165) is 11.6 Å². The van der Waals surface area contributed by atoms with E-state index in [4.69, 9.17) is 0 Å². The molecule has 17 heavy (non-hydrogen) atoms. The van der Waals surface area contributed by atoms with Crippen molar-refractivity contribution in [3.05, 3.63) is 34.8 Å². The van der Waals surface area contributed by atoms with Gasteiger partial charge in [0, 0.05) is 24.2 Å². The van der Waals surface area contributed by atoms with Crippen molar-refractivity contribution >= 4 is 11.3 Å². The lowest BCUT2D eigenvalue weighted by atomic mass is 10.2. The molecule has 4 nitrogen and oxygen atoms in total. The van der Waals surface area contributed by atoms with Crippen molar-refractivity contribution in [3.63, 3.8) is 0 Å². The zero-order chi connectivity index (χ0) is 12.3. The largest absolute Gasteiger partial charge is 0.333 e. The molecule has 1 N–H and O–H groups in total. The molecule has 0 aliphatic rings. The van der Waals surface area contributed by atoms with Crippen LogP contribution in [0.2, 0.25) is 0 Å². The Labute approximate surface area is 106 Å². The smallest absolute Gasteiger partial charge is 0.116 e. The Morgan fingerprint density at radius 3 is 2.88 bits per heavy atom. The summed E-state index contributed by atoms with van der Waals surface area (Å²) >= 11 is 1.68. The Morgan fingerprint density at radius 1 is 1.47 bits per heavy atom. The Balaban J connectivity index is 2.33. The Hall–Kier alpha value is -1.20. The molecule has 2 heterocycles. The van der Waals surface area contributed by atoms with E-state index in [1.807, 2.05) is 24.1 Å². The van der Waals surface area contributed by atoms with Crippen molar-refractivity contribution < 1.29 is 0 Å². The maximum Gasteiger partial charge on any atom is 0.116 e. The van der Waals surface area contributed by atoms with Crippen LogP contribution in [0.15, 0.2) is 24.1 Å². The number of nitrogens with zero attached hydrogens (tertiary/aromatic N) is 3. The minimum absolute atomic E-state index is 0.137. The zero-order valence-corrected chi connectivity index (χ0v) is 11.2. The van der Waals surface area contributed by atoms with Gasteiger partial charge < -0.3 is 9.88 Å². The van der Waals surface area contributed by atoms with Gasteiger partial charge in [0.25, 0.3) is 0 Å². The summed E-state index contributed by atoms with van der Waals surface area (Å²) in [7, 11) is 0. The van der Waals surface area contributed by atoms with Gasteiger partial charge in [-0.3, -0.25) is 0 Å². The van der Waals surface area contributed by atoms with E-state index in [1.165, 1.54) is 5.69 Å². The highest BCUT2D eigenvalue weighted by atomic mass is 32.1. The summed E-state index contributed by atoms with van der Waals surface area (Å²) in [6.45, 7) is 7.34. The van der Waals surface area contributed by atoms with E-state index in [-0.39, 0.29) is 6.04 Å². The molecule has 2 aromatic heterocycles. The van der Waals surface area contributed by atoms with E-state index in [1.54, 1.807) is 11.3 Å². The first-order chi connectivity index (χ1) is 8.22. The molecule has 92 valence electrons. The second kappa shape index (κ2) is 5.42. The van der Waals surface area contributed by atoms with Crippen LogP contribution in [0.3, 0.4) is 0 Å². The number of aromatic nitrogens is 3. The van der Waals surface area contributed by atoms with Crippen LogP contribution >= 0.6 is 11.3 Å². The van der Waals surface area contributed by atoms with Gasteiger partial charge in [0.05, 0.1) is 18.2 Å². The van der Waals surface area contributed by atoms with Crippen LogP contribution in [0.5, 0.6) is 0 Å². The highest BCUT2D eigenvalue weighted by Crippen LogP contribution is 2.24. The number of aryl methyl sites for hydroxylation is 1. The fourth-order valence-electron chi connectivity index (χ4n) is 1.83. The van der Waals surface area contributed by atoms with Crippen LogP contribution in [0, 0.1) is 0 Å². The third-order valence-electron chi connectivity index (χ3n) is 2.58. The van der Waals surface area contributed by atoms with Gasteiger partial charge in [-0.2, -0.15) is 0 Å². The number of thiazole rings is 1. The van der Waals surface area contributed by atoms with E-state index < -0.39 is 0 Å². The molecule has 0 bridgehead atoms. The molecule has 0 amide bonds. The van der Waals surface area contributed by atoms with E-state index in [9.17, 15) is 0 Å². The van der Waals surface area contributed by atoms with Gasteiger partial charge >= 0.3 is 0 Å². The molecule has 0 aromatic carbocycles. The minimum atomic E-state index is 0.137. The molecular formula is C12H18N4S. The average Bonchev–Trinajstić information content (AvgIpc) is 2.96. The second-order valence-electron chi connectivity index (χ2n) is 4.23. The van der Waals surface area contributed by atoms with Gasteiger partial charge in [-0.1, -0.05) is 0 Å². The summed E-state index contributed by atoms with van der Waals surface area (Å²) < 4.78 is 2.15. The predicted molar refractivity (Wildman–Crippen MR) is 70.1 cm³/mol. The molecule has 0 aliphatic carbocycles. The van der Waals surface area contributed by atoms with Crippen LogP contribution in [0.1, 0.15) is 37.5 Å². The monoisotopic (exact) mass is 250 g/mol. The van der Waals surface area contributed by atoms with Gasteiger partial charge in [0.15, 0.2) is 0 Å². The predicted octanol–water partition coefficient (Wildman–Crippen LogP) is 2.45. The molecule has 0 spiro atoms. The lowest BCUT2D eigenvalue weighted by Gasteiger charge is -2.20. The number of nitrogens with one attached hydrogen (secondary N) is 1. The maximum atomic E-state index is 4.42. The first-order valence-corrected chi connectivity index (χ1v) is 6.75. The first kappa shape index (κ1) is 12.3. The molecule has 1 atom stereocenters. The van der Waals surface area contributed by atoms with Crippen molar-refractivity contribution in [1.29, 1.82) is 0 Å². The van der Waals surface area contributed by atoms with Crippen molar-refractivity contribution in [3.8, 4) is 0 Å². The van der Waals surface area contributed by atoms with Gasteiger partial charge in [-0.25, -0.2) is 9.97 Å². The molecule has 2 aromatic rings. The van der Waals surface area contributed by atoms with E-state index in [2.05, 4.69) is 40.6 Å². The number of hydrogen-bond donors (Lipinski definition) is 1. The summed E-state index contributed by atoms with van der Waals surface area (Å²) in [4.78, 5) is 8.65. The van der Waals surface area contributed by atoms with Gasteiger partial charge in [0.2, 0.25) is 0 Å². The lowest BCUT2D eigenvalue weighted by Crippen LogP contribution is -2.30. The van der Waals surface area contributed by atoms with Crippen LogP contribution in [0.25, 0.3) is 0 Å². The zero-order valence-electron chi connectivity index (χ0n) is 10.4. The molecule has 0 saturated heterocycles. The standard InChI is InChI=1S/C12H18N4S/c1-4-16-8-13-7-10(16)11(15-9(2)3)12-14-5-6-17-12/h5-9,11,15H,4H2,1-3H3. The summed E-state index contributed by atoms with van der Waals surface area (Å²) in [5.74, 6) is 0. The van der Waals surface area contributed by atoms with Crippen molar-refractivity contribution in [1.82, 2.24) is 19.9 Å². The average molecular weight is 250 g/mol. The molecule has 0 fully saturated rings.